The summed E-state index contributed by atoms with van der Waals surface area (Å²) in [5, 5.41) is 3.48. The number of piperidine rings is 1. The smallest absolute Gasteiger partial charge is 0.337 e. The molecule has 2 N–H and O–H groups in total. The number of carbonyl (C=O) groups is 1. The maximum atomic E-state index is 12.7. The molecule has 0 aliphatic carbocycles. The van der Waals surface area contributed by atoms with Crippen LogP contribution in [0.5, 0.6) is 5.75 Å². The number of methoxy groups -OCH3 is 2. The van der Waals surface area contributed by atoms with Crippen LogP contribution in [0, 0.1) is 0 Å². The minimum absolute atomic E-state index is 0. The third-order valence-corrected chi connectivity index (χ3v) is 6.23. The fraction of sp³-hybridized carbons (Fsp3) is 0.562. The first-order valence-corrected chi connectivity index (χ1v) is 9.46. The van der Waals surface area contributed by atoms with Gasteiger partial charge in [-0.05, 0) is 43.9 Å². The van der Waals surface area contributed by atoms with Gasteiger partial charge in [0, 0.05) is 18.1 Å². The van der Waals surface area contributed by atoms with E-state index in [-0.39, 0.29) is 34.7 Å². The van der Waals surface area contributed by atoms with E-state index >= 15 is 0 Å². The number of hydrogen-bond donors (Lipinski definition) is 2. The number of sulfonamides is 1. The van der Waals surface area contributed by atoms with E-state index in [2.05, 4.69) is 14.8 Å². The molecule has 0 radical (unpaired) electrons. The van der Waals surface area contributed by atoms with Gasteiger partial charge in [0.25, 0.3) is 0 Å². The Morgan fingerprint density at radius 2 is 1.84 bits per heavy atom. The molecule has 2 atom stereocenters. The lowest BCUT2D eigenvalue weighted by atomic mass is 10.0. The van der Waals surface area contributed by atoms with Crippen molar-refractivity contribution in [1.82, 2.24) is 10.0 Å². The van der Waals surface area contributed by atoms with E-state index in [9.17, 15) is 13.2 Å². The Balaban J connectivity index is 0.00000225. The highest BCUT2D eigenvalue weighted by Crippen LogP contribution is 2.30. The largest absolute Gasteiger partial charge is 0.495 e. The van der Waals surface area contributed by atoms with Crippen LogP contribution in [0.2, 0.25) is 0 Å². The van der Waals surface area contributed by atoms with E-state index in [1.807, 2.05) is 0 Å². The number of ether oxygens (including phenoxy) is 2. The molecule has 7 nitrogen and oxygen atoms in total. The zero-order valence-corrected chi connectivity index (χ0v) is 15.8. The van der Waals surface area contributed by atoms with Crippen molar-refractivity contribution in [3.63, 3.8) is 0 Å². The van der Waals surface area contributed by atoms with Crippen molar-refractivity contribution < 1.29 is 22.7 Å². The first kappa shape index (κ1) is 20.0. The van der Waals surface area contributed by atoms with E-state index in [0.717, 1.165) is 25.7 Å². The lowest BCUT2D eigenvalue weighted by Crippen LogP contribution is -2.47. The maximum Gasteiger partial charge on any atom is 0.337 e. The van der Waals surface area contributed by atoms with Gasteiger partial charge < -0.3 is 14.8 Å². The van der Waals surface area contributed by atoms with Gasteiger partial charge in [0.2, 0.25) is 10.0 Å². The number of rotatable bonds is 5. The maximum absolute atomic E-state index is 12.7. The standard InChI is InChI=1S/C16H22N2O5S.ClH/c1-22-14-7-10(16(19)23-2)3-6-15(14)24(20,21)18-13-8-11-4-5-12(9-13)17-11;/h3,6-7,11-13,17-18H,4-5,8-9H2,1-2H3;1H. The highest BCUT2D eigenvalue weighted by atomic mass is 35.5. The predicted molar refractivity (Wildman–Crippen MR) is 94.9 cm³/mol. The number of hydrogen-bond acceptors (Lipinski definition) is 6. The first-order valence-electron chi connectivity index (χ1n) is 7.97. The van der Waals surface area contributed by atoms with Crippen molar-refractivity contribution in [1.29, 1.82) is 0 Å². The third kappa shape index (κ3) is 4.25. The first-order chi connectivity index (χ1) is 11.4. The molecule has 1 aromatic carbocycles. The van der Waals surface area contributed by atoms with Crippen LogP contribution in [-0.4, -0.2) is 46.7 Å². The molecule has 0 amide bonds. The molecule has 0 aromatic heterocycles. The van der Waals surface area contributed by atoms with Crippen LogP contribution in [0.3, 0.4) is 0 Å². The van der Waals surface area contributed by atoms with Crippen LogP contribution in [0.1, 0.15) is 36.0 Å². The van der Waals surface area contributed by atoms with Crippen molar-refractivity contribution in [2.75, 3.05) is 14.2 Å². The molecule has 2 aliphatic rings. The Labute approximate surface area is 153 Å². The zero-order valence-electron chi connectivity index (χ0n) is 14.2. The SMILES string of the molecule is COC(=O)c1ccc(S(=O)(=O)NC2CC3CCC(C2)N3)c(OC)c1.Cl. The molecule has 3 rings (SSSR count). The minimum Gasteiger partial charge on any atom is -0.495 e. The summed E-state index contributed by atoms with van der Waals surface area (Å²) in [5.74, 6) is -0.414. The summed E-state index contributed by atoms with van der Waals surface area (Å²) in [6.45, 7) is 0. The van der Waals surface area contributed by atoms with Crippen LogP contribution in [0.4, 0.5) is 0 Å². The van der Waals surface area contributed by atoms with E-state index in [0.29, 0.717) is 12.1 Å². The highest BCUT2D eigenvalue weighted by molar-refractivity contribution is 7.89. The molecular weight excluding hydrogens is 368 g/mol. The lowest BCUT2D eigenvalue weighted by Gasteiger charge is -2.29. The van der Waals surface area contributed by atoms with Crippen LogP contribution in [0.15, 0.2) is 23.1 Å². The second-order valence-electron chi connectivity index (χ2n) is 6.28. The molecule has 2 aliphatic heterocycles. The van der Waals surface area contributed by atoms with Crippen molar-refractivity contribution in [3.8, 4) is 5.75 Å². The van der Waals surface area contributed by atoms with Gasteiger partial charge in [0.1, 0.15) is 10.6 Å². The minimum atomic E-state index is -3.73. The van der Waals surface area contributed by atoms with Gasteiger partial charge in [-0.1, -0.05) is 0 Å². The fourth-order valence-electron chi connectivity index (χ4n) is 3.57. The van der Waals surface area contributed by atoms with Crippen LogP contribution < -0.4 is 14.8 Å². The summed E-state index contributed by atoms with van der Waals surface area (Å²) < 4.78 is 38.1. The summed E-state index contributed by atoms with van der Waals surface area (Å²) >= 11 is 0. The van der Waals surface area contributed by atoms with Gasteiger partial charge >= 0.3 is 5.97 Å². The molecule has 2 heterocycles. The number of nitrogens with one attached hydrogen (secondary N) is 2. The molecule has 0 spiro atoms. The van der Waals surface area contributed by atoms with Gasteiger partial charge in [0.15, 0.2) is 0 Å². The summed E-state index contributed by atoms with van der Waals surface area (Å²) in [6.07, 6.45) is 3.77. The summed E-state index contributed by atoms with van der Waals surface area (Å²) in [6, 6.07) is 4.88. The monoisotopic (exact) mass is 390 g/mol. The molecule has 2 fully saturated rings. The number of halogens is 1. The highest BCUT2D eigenvalue weighted by Gasteiger charge is 2.36. The molecule has 2 saturated heterocycles. The van der Waals surface area contributed by atoms with E-state index in [4.69, 9.17) is 4.74 Å². The predicted octanol–water partition coefficient (Wildman–Crippen LogP) is 1.46. The summed E-state index contributed by atoms with van der Waals surface area (Å²) in [5.41, 5.74) is 0.244. The second kappa shape index (κ2) is 7.90. The van der Waals surface area contributed by atoms with Gasteiger partial charge in [-0.2, -0.15) is 0 Å². The molecule has 1 aromatic rings. The van der Waals surface area contributed by atoms with Crippen molar-refractivity contribution in [2.24, 2.45) is 0 Å². The summed E-state index contributed by atoms with van der Waals surface area (Å²) in [7, 11) is -1.08. The fourth-order valence-corrected chi connectivity index (χ4v) is 4.98. The van der Waals surface area contributed by atoms with E-state index < -0.39 is 16.0 Å². The molecule has 2 unspecified atom stereocenters. The molecule has 9 heteroatoms. The van der Waals surface area contributed by atoms with Gasteiger partial charge in [0.05, 0.1) is 19.8 Å². The number of carbonyl (C=O) groups excluding carboxylic acids is 1. The van der Waals surface area contributed by atoms with Crippen LogP contribution in [-0.2, 0) is 14.8 Å². The number of fused-ring (bicyclic) bond motifs is 2. The van der Waals surface area contributed by atoms with Crippen molar-refractivity contribution in [3.05, 3.63) is 23.8 Å². The normalized spacial score (nSPS) is 25.1. The lowest BCUT2D eigenvalue weighted by molar-refractivity contribution is 0.0600. The number of benzene rings is 1. The molecule has 2 bridgehead atoms. The molecule has 140 valence electrons. The van der Waals surface area contributed by atoms with Gasteiger partial charge in [-0.25, -0.2) is 17.9 Å². The third-order valence-electron chi connectivity index (χ3n) is 4.67. The topological polar surface area (TPSA) is 93.7 Å². The average molecular weight is 391 g/mol. The van der Waals surface area contributed by atoms with E-state index in [1.54, 1.807) is 0 Å². The Hall–Kier alpha value is -1.35. The Bertz CT molecular complexity index is 728. The quantitative estimate of drug-likeness (QED) is 0.739. The Morgan fingerprint density at radius 3 is 2.40 bits per heavy atom. The van der Waals surface area contributed by atoms with Gasteiger partial charge in [-0.15, -0.1) is 12.4 Å². The van der Waals surface area contributed by atoms with Gasteiger partial charge in [-0.3, -0.25) is 0 Å². The molecule has 25 heavy (non-hydrogen) atoms. The van der Waals surface area contributed by atoms with Crippen LogP contribution in [0.25, 0.3) is 0 Å². The average Bonchev–Trinajstić information content (AvgIpc) is 2.91. The number of esters is 1. The second-order valence-corrected chi connectivity index (χ2v) is 7.97. The molecule has 0 saturated carbocycles. The van der Waals surface area contributed by atoms with Crippen LogP contribution >= 0.6 is 12.4 Å². The van der Waals surface area contributed by atoms with Crippen molar-refractivity contribution >= 4 is 28.4 Å². The van der Waals surface area contributed by atoms with E-state index in [1.165, 1.54) is 32.4 Å². The molecular formula is C16H23ClN2O5S. The Morgan fingerprint density at radius 1 is 1.20 bits per heavy atom. The van der Waals surface area contributed by atoms with Crippen molar-refractivity contribution in [2.45, 2.75) is 48.7 Å². The summed E-state index contributed by atoms with van der Waals surface area (Å²) in [4.78, 5) is 11.6. The zero-order chi connectivity index (χ0) is 17.3. The Kier molecular flexibility index (Phi) is 6.31.